The molecule has 33 heavy (non-hydrogen) atoms. The number of ether oxygens (including phenoxy) is 3. The van der Waals surface area contributed by atoms with Gasteiger partial charge in [-0.05, 0) is 55.7 Å². The minimum Gasteiger partial charge on any atom is -0.497 e. The molecule has 2 N–H and O–H groups in total. The molecule has 0 spiro atoms. The number of thioether (sulfide) groups is 1. The van der Waals surface area contributed by atoms with Crippen molar-refractivity contribution in [2.24, 2.45) is 5.73 Å². The van der Waals surface area contributed by atoms with Crippen LogP contribution in [0.25, 0.3) is 10.2 Å². The van der Waals surface area contributed by atoms with Gasteiger partial charge in [0.25, 0.3) is 0 Å². The number of nitrogens with two attached hydrogens (primary N) is 1. The van der Waals surface area contributed by atoms with E-state index in [0.717, 1.165) is 32.5 Å². The first-order valence-electron chi connectivity index (χ1n) is 10.6. The van der Waals surface area contributed by atoms with Gasteiger partial charge in [-0.25, -0.2) is 4.98 Å². The highest BCUT2D eigenvalue weighted by atomic mass is 32.2. The van der Waals surface area contributed by atoms with Crippen LogP contribution in [0, 0.1) is 0 Å². The Morgan fingerprint density at radius 1 is 1.21 bits per heavy atom. The molecule has 1 aliphatic heterocycles. The van der Waals surface area contributed by atoms with Crippen molar-refractivity contribution in [1.82, 2.24) is 4.98 Å². The molecule has 0 aliphatic carbocycles. The number of fused-ring (bicyclic) bond motifs is 1. The zero-order chi connectivity index (χ0) is 23.3. The van der Waals surface area contributed by atoms with Crippen LogP contribution < -0.4 is 15.2 Å². The van der Waals surface area contributed by atoms with Gasteiger partial charge in [-0.15, -0.1) is 11.3 Å². The number of methoxy groups -OCH3 is 1. The van der Waals surface area contributed by atoms with Gasteiger partial charge in [0, 0.05) is 29.9 Å². The Hall–Kier alpha value is -2.14. The van der Waals surface area contributed by atoms with E-state index in [-0.39, 0.29) is 0 Å². The zero-order valence-electron chi connectivity index (χ0n) is 18.3. The molecule has 1 atom stereocenters. The van der Waals surface area contributed by atoms with E-state index in [1.165, 1.54) is 0 Å². The van der Waals surface area contributed by atoms with E-state index in [9.17, 15) is 9.00 Å². The second kappa shape index (κ2) is 10.9. The van der Waals surface area contributed by atoms with Crippen LogP contribution in [0.15, 0.2) is 51.7 Å². The first-order valence-corrected chi connectivity index (χ1v) is 13.6. The summed E-state index contributed by atoms with van der Waals surface area (Å²) in [6.45, 7) is 1.34. The average molecular weight is 507 g/mol. The molecule has 7 nitrogen and oxygen atoms in total. The number of amides is 1. The molecule has 2 heterocycles. The lowest BCUT2D eigenvalue weighted by Crippen LogP contribution is -2.51. The fourth-order valence-electron chi connectivity index (χ4n) is 3.59. The van der Waals surface area contributed by atoms with Crippen molar-refractivity contribution >= 4 is 50.0 Å². The Bertz CT molecular complexity index is 1130. The number of carbonyl (C=O) groups excluding carboxylic acids is 1. The molecule has 1 saturated heterocycles. The van der Waals surface area contributed by atoms with Crippen LogP contribution in [0.5, 0.6) is 11.5 Å². The van der Waals surface area contributed by atoms with Gasteiger partial charge < -0.3 is 19.9 Å². The van der Waals surface area contributed by atoms with Crippen LogP contribution in [0.4, 0.5) is 0 Å². The van der Waals surface area contributed by atoms with Crippen molar-refractivity contribution in [2.75, 3.05) is 32.7 Å². The minimum absolute atomic E-state index is 0.368. The van der Waals surface area contributed by atoms with E-state index in [4.69, 9.17) is 19.9 Å². The van der Waals surface area contributed by atoms with Crippen molar-refractivity contribution in [3.05, 3.63) is 42.5 Å². The Morgan fingerprint density at radius 3 is 2.64 bits per heavy atom. The first kappa shape index (κ1) is 24.0. The highest BCUT2D eigenvalue weighted by Gasteiger charge is 2.45. The lowest BCUT2D eigenvalue weighted by molar-refractivity contribution is -0.122. The summed E-state index contributed by atoms with van der Waals surface area (Å²) in [7, 11) is 0.120. The van der Waals surface area contributed by atoms with Crippen LogP contribution in [-0.2, 0) is 20.3 Å². The van der Waals surface area contributed by atoms with Crippen LogP contribution in [-0.4, -0.2) is 52.5 Å². The van der Waals surface area contributed by atoms with E-state index in [2.05, 4.69) is 4.98 Å². The highest BCUT2D eigenvalue weighted by Crippen LogP contribution is 2.33. The molecule has 1 fully saturated rings. The maximum Gasteiger partial charge on any atom is 0.236 e. The number of nitrogens with zero attached hydrogens (tertiary/aromatic N) is 1. The van der Waals surface area contributed by atoms with Crippen molar-refractivity contribution in [3.63, 3.8) is 0 Å². The van der Waals surface area contributed by atoms with Gasteiger partial charge in [-0.3, -0.25) is 9.00 Å². The van der Waals surface area contributed by atoms with Gasteiger partial charge in [0.1, 0.15) is 16.2 Å². The predicted molar refractivity (Wildman–Crippen MR) is 132 cm³/mol. The van der Waals surface area contributed by atoms with E-state index >= 15 is 0 Å². The Balaban J connectivity index is 1.26. The number of hydrogen-bond acceptors (Lipinski definition) is 8. The largest absolute Gasteiger partial charge is 0.497 e. The van der Waals surface area contributed by atoms with Gasteiger partial charge in [-0.2, -0.15) is 0 Å². The zero-order valence-corrected chi connectivity index (χ0v) is 20.7. The maximum atomic E-state index is 13.1. The van der Waals surface area contributed by atoms with E-state index in [1.54, 1.807) is 54.5 Å². The summed E-state index contributed by atoms with van der Waals surface area (Å²) in [5.74, 6) is 1.87. The lowest BCUT2D eigenvalue weighted by Gasteiger charge is -2.33. The molecule has 1 aliphatic rings. The van der Waals surface area contributed by atoms with Gasteiger partial charge in [0.05, 0.1) is 34.7 Å². The predicted octanol–water partition coefficient (Wildman–Crippen LogP) is 4.01. The van der Waals surface area contributed by atoms with E-state index in [1.807, 2.05) is 18.2 Å². The fourth-order valence-corrected chi connectivity index (χ4v) is 7.18. The SMILES string of the molecule is COc1ccc2sc(SCCCOc3ccc(S(=O)C4(C(N)=O)CCOCC4)cc3)nc2c1. The molecule has 176 valence electrons. The highest BCUT2D eigenvalue weighted by molar-refractivity contribution is 8.01. The third-order valence-corrected chi connectivity index (χ3v) is 9.79. The monoisotopic (exact) mass is 506 g/mol. The minimum atomic E-state index is -1.53. The van der Waals surface area contributed by atoms with Crippen molar-refractivity contribution in [1.29, 1.82) is 0 Å². The van der Waals surface area contributed by atoms with Gasteiger partial charge in [0.15, 0.2) is 4.34 Å². The molecule has 3 aromatic rings. The fraction of sp³-hybridized carbons (Fsp3) is 0.391. The topological polar surface area (TPSA) is 101 Å². The molecule has 0 bridgehead atoms. The molecule has 1 aromatic heterocycles. The summed E-state index contributed by atoms with van der Waals surface area (Å²) in [4.78, 5) is 17.3. The molecular weight excluding hydrogens is 480 g/mol. The third kappa shape index (κ3) is 5.51. The van der Waals surface area contributed by atoms with E-state index < -0.39 is 21.5 Å². The summed E-state index contributed by atoms with van der Waals surface area (Å²) in [6, 6.07) is 13.0. The molecular formula is C23H26N2O5S3. The molecule has 2 aromatic carbocycles. The molecule has 1 amide bonds. The summed E-state index contributed by atoms with van der Waals surface area (Å²) in [5.41, 5.74) is 6.57. The van der Waals surface area contributed by atoms with Crippen LogP contribution in [0.1, 0.15) is 19.3 Å². The Kier molecular flexibility index (Phi) is 7.90. The normalized spacial score (nSPS) is 16.4. The third-order valence-electron chi connectivity index (χ3n) is 5.50. The number of primary amides is 1. The van der Waals surface area contributed by atoms with E-state index in [0.29, 0.717) is 43.3 Å². The van der Waals surface area contributed by atoms with Crippen LogP contribution in [0.2, 0.25) is 0 Å². The second-order valence-electron chi connectivity index (χ2n) is 7.57. The van der Waals surface area contributed by atoms with Gasteiger partial charge >= 0.3 is 0 Å². The maximum absolute atomic E-state index is 13.1. The smallest absolute Gasteiger partial charge is 0.236 e. The van der Waals surface area contributed by atoms with Crippen molar-refractivity contribution in [2.45, 2.75) is 33.2 Å². The first-order chi connectivity index (χ1) is 16.0. The lowest BCUT2D eigenvalue weighted by atomic mass is 9.98. The molecule has 4 rings (SSSR count). The number of hydrogen-bond donors (Lipinski definition) is 1. The number of carbonyl (C=O) groups is 1. The molecule has 1 unspecified atom stereocenters. The second-order valence-corrected chi connectivity index (χ2v) is 11.7. The van der Waals surface area contributed by atoms with Crippen molar-refractivity contribution in [3.8, 4) is 11.5 Å². The number of aromatic nitrogens is 1. The van der Waals surface area contributed by atoms with Crippen LogP contribution >= 0.6 is 23.1 Å². The number of thiazole rings is 1. The standard InChI is InChI=1S/C23H26N2O5S3/c1-28-17-5-8-20-19(15-17)25-22(32-20)31-14-2-11-30-16-3-6-18(7-4-16)33(27)23(21(24)26)9-12-29-13-10-23/h3-8,15H,2,9-14H2,1H3,(H2,24,26). The van der Waals surface area contributed by atoms with Crippen molar-refractivity contribution < 1.29 is 23.2 Å². The Labute approximate surface area is 203 Å². The van der Waals surface area contributed by atoms with Crippen LogP contribution in [0.3, 0.4) is 0 Å². The summed E-state index contributed by atoms with van der Waals surface area (Å²) in [5, 5.41) is 0. The average Bonchev–Trinajstić information content (AvgIpc) is 3.26. The molecule has 10 heteroatoms. The summed E-state index contributed by atoms with van der Waals surface area (Å²) >= 11 is 3.39. The number of benzene rings is 2. The Morgan fingerprint density at radius 2 is 1.94 bits per heavy atom. The quantitative estimate of drug-likeness (QED) is 0.328. The van der Waals surface area contributed by atoms with Gasteiger partial charge in [0.2, 0.25) is 5.91 Å². The molecule has 0 saturated carbocycles. The van der Waals surface area contributed by atoms with Gasteiger partial charge in [-0.1, -0.05) is 11.8 Å². The molecule has 0 radical (unpaired) electrons. The number of rotatable bonds is 10. The summed E-state index contributed by atoms with van der Waals surface area (Å²) in [6.07, 6.45) is 1.60. The summed E-state index contributed by atoms with van der Waals surface area (Å²) < 4.78 is 30.6.